The van der Waals surface area contributed by atoms with E-state index in [-0.39, 0.29) is 24.1 Å². The lowest BCUT2D eigenvalue weighted by Gasteiger charge is -2.32. The summed E-state index contributed by atoms with van der Waals surface area (Å²) in [7, 11) is 0. The molecule has 5 aromatic rings. The Balaban J connectivity index is 1.17. The first-order valence-corrected chi connectivity index (χ1v) is 21.2. The number of likely N-dealkylation sites (tertiary alicyclic amines) is 1. The average Bonchev–Trinajstić information content (AvgIpc) is 3.90. The summed E-state index contributed by atoms with van der Waals surface area (Å²) in [6.07, 6.45) is 3.86. The Morgan fingerprint density at radius 2 is 1.63 bits per heavy atom. The normalized spacial score (nSPS) is 16.0. The maximum absolute atomic E-state index is 14.8. The molecule has 12 heteroatoms. The molecule has 308 valence electrons. The van der Waals surface area contributed by atoms with Gasteiger partial charge in [0.15, 0.2) is 0 Å². The van der Waals surface area contributed by atoms with Crippen LogP contribution in [-0.2, 0) is 23.4 Å². The number of hydrogen-bond acceptors (Lipinski definition) is 8. The standard InChI is InChI=1S/C48H53ClN10O/c1-34-26-35(2)28-38(27-34)33-57-25-24-56(47(57)44(31-50)51-6)23-20-45(60)58(41-17-12-14-37(29-41)32-55-21-10-7-11-22-55)36(3)39-15-13-16-40(30-39)46-52-54-59(53-46)48(4,5)42-18-8-9-19-43(42)49/h8-9,12-19,26-30,36H,7,10-11,20-25,32-33H2,1-5H3/b47-44+. The third kappa shape index (κ3) is 9.39. The molecule has 2 saturated heterocycles. The maximum Gasteiger partial charge on any atom is 0.300 e. The number of piperidine rings is 1. The molecule has 11 nitrogen and oxygen atoms in total. The number of aromatic nitrogens is 4. The number of anilines is 1. The predicted octanol–water partition coefficient (Wildman–Crippen LogP) is 9.29. The SMILES string of the molecule is [C-]#[N+]/C(C#N)=C1\N(CCC(=O)N(c2cccc(CN3CCCCC3)c2)C(C)c2cccc(-c3nnn(C(C)(C)c4ccccc4Cl)n3)c2)CCN1Cc1cc(C)cc(C)c1. The van der Waals surface area contributed by atoms with Gasteiger partial charge in [0.2, 0.25) is 11.7 Å². The number of aryl methyl sites for hydroxylation is 2. The summed E-state index contributed by atoms with van der Waals surface area (Å²) in [6, 6.07) is 32.2. The summed E-state index contributed by atoms with van der Waals surface area (Å²) in [6.45, 7) is 23.3. The first-order valence-electron chi connectivity index (χ1n) is 20.8. The van der Waals surface area contributed by atoms with Crippen LogP contribution in [0.1, 0.15) is 85.9 Å². The number of allylic oxidation sites excluding steroid dienone is 1. The fourth-order valence-corrected chi connectivity index (χ4v) is 9.03. The largest absolute Gasteiger partial charge is 0.364 e. The lowest BCUT2D eigenvalue weighted by Crippen LogP contribution is -2.36. The molecule has 0 N–H and O–H groups in total. The second kappa shape index (κ2) is 18.5. The van der Waals surface area contributed by atoms with E-state index in [4.69, 9.17) is 23.3 Å². The van der Waals surface area contributed by atoms with E-state index in [1.54, 1.807) is 4.80 Å². The molecule has 0 aliphatic carbocycles. The number of hydrogen-bond donors (Lipinski definition) is 0. The van der Waals surface area contributed by atoms with Crippen molar-refractivity contribution in [1.29, 1.82) is 5.26 Å². The van der Waals surface area contributed by atoms with Crippen molar-refractivity contribution >= 4 is 23.2 Å². The zero-order valence-electron chi connectivity index (χ0n) is 35.3. The van der Waals surface area contributed by atoms with Crippen molar-refractivity contribution in [1.82, 2.24) is 34.9 Å². The Hall–Kier alpha value is -6.01. The number of tetrazole rings is 1. The smallest absolute Gasteiger partial charge is 0.300 e. The number of carbonyl (C=O) groups excluding carboxylic acids is 1. The van der Waals surface area contributed by atoms with Crippen molar-refractivity contribution in [3.63, 3.8) is 0 Å². The summed E-state index contributed by atoms with van der Waals surface area (Å²) in [4.78, 5) is 28.5. The van der Waals surface area contributed by atoms with Crippen molar-refractivity contribution in [3.8, 4) is 17.5 Å². The fraction of sp³-hybridized carbons (Fsp3) is 0.375. The van der Waals surface area contributed by atoms with Gasteiger partial charge >= 0.3 is 5.70 Å². The molecule has 2 aliphatic rings. The van der Waals surface area contributed by atoms with Crippen molar-refractivity contribution in [2.75, 3.05) is 37.6 Å². The number of halogens is 1. The molecule has 1 atom stereocenters. The molecular weight excluding hydrogens is 768 g/mol. The molecule has 4 aromatic carbocycles. The molecule has 7 rings (SSSR count). The van der Waals surface area contributed by atoms with Gasteiger partial charge in [-0.05, 0) is 112 Å². The lowest BCUT2D eigenvalue weighted by molar-refractivity contribution is -0.119. The summed E-state index contributed by atoms with van der Waals surface area (Å²) in [5.74, 6) is 1.01. The highest BCUT2D eigenvalue weighted by atomic mass is 35.5. The van der Waals surface area contributed by atoms with Gasteiger partial charge in [0, 0.05) is 55.4 Å². The minimum Gasteiger partial charge on any atom is -0.364 e. The van der Waals surface area contributed by atoms with E-state index < -0.39 is 5.54 Å². The zero-order chi connectivity index (χ0) is 42.4. The third-order valence-electron chi connectivity index (χ3n) is 11.7. The highest BCUT2D eigenvalue weighted by Gasteiger charge is 2.32. The van der Waals surface area contributed by atoms with Crippen LogP contribution in [-0.4, -0.2) is 73.5 Å². The van der Waals surface area contributed by atoms with Crippen molar-refractivity contribution in [3.05, 3.63) is 152 Å². The average molecular weight is 821 g/mol. The molecule has 0 radical (unpaired) electrons. The summed E-state index contributed by atoms with van der Waals surface area (Å²) >= 11 is 6.59. The summed E-state index contributed by atoms with van der Waals surface area (Å²) in [5, 5.41) is 24.4. The van der Waals surface area contributed by atoms with Crippen LogP contribution in [0.25, 0.3) is 16.2 Å². The number of rotatable bonds is 13. The summed E-state index contributed by atoms with van der Waals surface area (Å²) < 4.78 is 0. The lowest BCUT2D eigenvalue weighted by atomic mass is 9.95. The van der Waals surface area contributed by atoms with Crippen LogP contribution < -0.4 is 4.90 Å². The second-order valence-corrected chi connectivity index (χ2v) is 17.0. The predicted molar refractivity (Wildman–Crippen MR) is 236 cm³/mol. The van der Waals surface area contributed by atoms with Gasteiger partial charge in [0.1, 0.15) is 11.4 Å². The number of carbonyl (C=O) groups is 1. The van der Waals surface area contributed by atoms with Gasteiger partial charge in [-0.15, -0.1) is 10.2 Å². The molecule has 1 aromatic heterocycles. The van der Waals surface area contributed by atoms with Crippen LogP contribution in [0.15, 0.2) is 103 Å². The van der Waals surface area contributed by atoms with E-state index in [0.717, 1.165) is 53.1 Å². The molecule has 0 spiro atoms. The topological polar surface area (TPSA) is 102 Å². The van der Waals surface area contributed by atoms with E-state index in [2.05, 4.69) is 82.1 Å². The highest BCUT2D eigenvalue weighted by molar-refractivity contribution is 6.31. The van der Waals surface area contributed by atoms with Crippen molar-refractivity contribution in [2.45, 2.75) is 85.0 Å². The first kappa shape index (κ1) is 42.1. The Morgan fingerprint density at radius 1 is 0.900 bits per heavy atom. The van der Waals surface area contributed by atoms with Crippen LogP contribution in [0.2, 0.25) is 5.02 Å². The minimum absolute atomic E-state index is 0.0394. The Morgan fingerprint density at radius 3 is 2.37 bits per heavy atom. The molecule has 0 bridgehead atoms. The van der Waals surface area contributed by atoms with Crippen molar-refractivity contribution < 1.29 is 4.79 Å². The van der Waals surface area contributed by atoms with E-state index in [1.807, 2.05) is 84.3 Å². The molecule has 0 saturated carbocycles. The van der Waals surface area contributed by atoms with Crippen LogP contribution in [0.4, 0.5) is 5.69 Å². The van der Waals surface area contributed by atoms with Gasteiger partial charge < -0.3 is 14.7 Å². The first-order chi connectivity index (χ1) is 28.9. The van der Waals surface area contributed by atoms with Crippen molar-refractivity contribution in [2.24, 2.45) is 0 Å². The maximum atomic E-state index is 14.8. The fourth-order valence-electron chi connectivity index (χ4n) is 8.66. The Kier molecular flexibility index (Phi) is 13.0. The van der Waals surface area contributed by atoms with Gasteiger partial charge in [0.05, 0.1) is 18.7 Å². The van der Waals surface area contributed by atoms with E-state index in [9.17, 15) is 10.1 Å². The number of nitrogens with zero attached hydrogens (tertiary/aromatic N) is 10. The van der Waals surface area contributed by atoms with Crippen LogP contribution in [0.3, 0.4) is 0 Å². The summed E-state index contributed by atoms with van der Waals surface area (Å²) in [5.41, 5.74) is 7.43. The number of amides is 1. The molecule has 1 amide bonds. The van der Waals surface area contributed by atoms with Gasteiger partial charge in [-0.1, -0.05) is 95.9 Å². The second-order valence-electron chi connectivity index (χ2n) is 16.6. The van der Waals surface area contributed by atoms with Crippen LogP contribution in [0.5, 0.6) is 0 Å². The van der Waals surface area contributed by atoms with E-state index >= 15 is 0 Å². The highest BCUT2D eigenvalue weighted by Crippen LogP contribution is 2.34. The van der Waals surface area contributed by atoms with Crippen LogP contribution >= 0.6 is 11.6 Å². The zero-order valence-corrected chi connectivity index (χ0v) is 36.0. The van der Waals surface area contributed by atoms with E-state index in [1.165, 1.54) is 30.4 Å². The van der Waals surface area contributed by atoms with Crippen LogP contribution in [0, 0.1) is 31.8 Å². The van der Waals surface area contributed by atoms with Gasteiger partial charge in [0.25, 0.3) is 0 Å². The quantitative estimate of drug-likeness (QED) is 0.0856. The van der Waals surface area contributed by atoms with Gasteiger partial charge in [-0.3, -0.25) is 9.69 Å². The molecule has 2 fully saturated rings. The molecule has 1 unspecified atom stereocenters. The van der Waals surface area contributed by atoms with E-state index in [0.29, 0.717) is 42.8 Å². The molecule has 2 aliphatic heterocycles. The minimum atomic E-state index is -0.652. The third-order valence-corrected chi connectivity index (χ3v) is 12.0. The Bertz CT molecular complexity index is 2420. The number of benzene rings is 4. The Labute approximate surface area is 359 Å². The van der Waals surface area contributed by atoms with Gasteiger partial charge in [-0.25, -0.2) is 10.1 Å². The molecule has 3 heterocycles. The van der Waals surface area contributed by atoms with Gasteiger partial charge in [-0.2, -0.15) is 4.80 Å². The molecule has 60 heavy (non-hydrogen) atoms. The monoisotopic (exact) mass is 820 g/mol. The number of nitriles is 1. The molecular formula is C48H53ClN10O.